The Morgan fingerprint density at radius 1 is 1.26 bits per heavy atom. The molecule has 0 aromatic heterocycles. The quantitative estimate of drug-likeness (QED) is 0.901. The first-order chi connectivity index (χ1) is 9.06. The second kappa shape index (κ2) is 6.09. The lowest BCUT2D eigenvalue weighted by Crippen LogP contribution is -2.40. The van der Waals surface area contributed by atoms with Gasteiger partial charge in [0.05, 0.1) is 0 Å². The summed E-state index contributed by atoms with van der Waals surface area (Å²) >= 11 is 0. The monoisotopic (exact) mass is 261 g/mol. The highest BCUT2D eigenvalue weighted by Crippen LogP contribution is 2.28. The van der Waals surface area contributed by atoms with Crippen molar-refractivity contribution in [2.75, 3.05) is 11.4 Å². The number of anilines is 1. The zero-order valence-electron chi connectivity index (χ0n) is 11.9. The van der Waals surface area contributed by atoms with Crippen LogP contribution in [0.4, 0.5) is 5.69 Å². The highest BCUT2D eigenvalue weighted by Gasteiger charge is 2.23. The van der Waals surface area contributed by atoms with E-state index in [-0.39, 0.29) is 6.42 Å². The van der Waals surface area contributed by atoms with E-state index >= 15 is 0 Å². The highest BCUT2D eigenvalue weighted by atomic mass is 16.4. The Hall–Kier alpha value is -1.51. The maximum absolute atomic E-state index is 10.8. The zero-order chi connectivity index (χ0) is 13.8. The lowest BCUT2D eigenvalue weighted by atomic mass is 9.96. The van der Waals surface area contributed by atoms with Crippen LogP contribution >= 0.6 is 0 Å². The molecule has 1 aromatic rings. The normalized spacial score (nSPS) is 19.5. The molecule has 19 heavy (non-hydrogen) atoms. The first-order valence-electron chi connectivity index (χ1n) is 7.13. The van der Waals surface area contributed by atoms with Crippen LogP contribution < -0.4 is 4.90 Å². The van der Waals surface area contributed by atoms with Gasteiger partial charge in [-0.1, -0.05) is 6.07 Å². The number of hydrogen-bond acceptors (Lipinski definition) is 2. The van der Waals surface area contributed by atoms with E-state index in [2.05, 4.69) is 36.9 Å². The maximum Gasteiger partial charge on any atom is 0.303 e. The standard InChI is InChI=1S/C16H23NO2/c1-12-9-13(2)11-15(10-12)17-8-4-3-5-14(17)6-7-16(18)19/h9-11,14H,3-8H2,1-2H3,(H,18,19). The second-order valence-electron chi connectivity index (χ2n) is 5.62. The number of aryl methyl sites for hydroxylation is 2. The van der Waals surface area contributed by atoms with Gasteiger partial charge < -0.3 is 10.0 Å². The second-order valence-corrected chi connectivity index (χ2v) is 5.62. The van der Waals surface area contributed by atoms with Crippen molar-refractivity contribution in [3.8, 4) is 0 Å². The van der Waals surface area contributed by atoms with Gasteiger partial charge in [-0.25, -0.2) is 0 Å². The zero-order valence-corrected chi connectivity index (χ0v) is 11.9. The minimum atomic E-state index is -0.689. The lowest BCUT2D eigenvalue weighted by Gasteiger charge is -2.38. The molecule has 1 aliphatic rings. The van der Waals surface area contributed by atoms with Crippen LogP contribution in [0.3, 0.4) is 0 Å². The lowest BCUT2D eigenvalue weighted by molar-refractivity contribution is -0.137. The summed E-state index contributed by atoms with van der Waals surface area (Å²) in [5.74, 6) is -0.689. The third-order valence-electron chi connectivity index (χ3n) is 3.86. The average molecular weight is 261 g/mol. The van der Waals surface area contributed by atoms with Crippen molar-refractivity contribution in [2.24, 2.45) is 0 Å². The van der Waals surface area contributed by atoms with Crippen LogP contribution in [0.2, 0.25) is 0 Å². The number of aliphatic carboxylic acids is 1. The van der Waals surface area contributed by atoms with Gasteiger partial charge in [0.25, 0.3) is 0 Å². The van der Waals surface area contributed by atoms with Crippen molar-refractivity contribution in [3.63, 3.8) is 0 Å². The third-order valence-corrected chi connectivity index (χ3v) is 3.86. The molecule has 1 aliphatic heterocycles. The number of carboxylic acid groups (broad SMARTS) is 1. The summed E-state index contributed by atoms with van der Waals surface area (Å²) in [4.78, 5) is 13.2. The number of hydrogen-bond donors (Lipinski definition) is 1. The molecule has 2 rings (SSSR count). The van der Waals surface area contributed by atoms with Crippen molar-refractivity contribution in [3.05, 3.63) is 29.3 Å². The molecule has 0 bridgehead atoms. The molecule has 3 nitrogen and oxygen atoms in total. The number of carbonyl (C=O) groups is 1. The summed E-state index contributed by atoms with van der Waals surface area (Å²) in [7, 11) is 0. The van der Waals surface area contributed by atoms with E-state index in [0.717, 1.165) is 19.4 Å². The van der Waals surface area contributed by atoms with Crippen LogP contribution in [0.25, 0.3) is 0 Å². The number of carboxylic acids is 1. The van der Waals surface area contributed by atoms with E-state index in [4.69, 9.17) is 5.11 Å². The van der Waals surface area contributed by atoms with Crippen LogP contribution in [0.15, 0.2) is 18.2 Å². The average Bonchev–Trinajstić information content (AvgIpc) is 2.35. The molecule has 1 unspecified atom stereocenters. The van der Waals surface area contributed by atoms with E-state index in [9.17, 15) is 4.79 Å². The van der Waals surface area contributed by atoms with E-state index in [1.165, 1.54) is 29.7 Å². The Morgan fingerprint density at radius 2 is 1.95 bits per heavy atom. The van der Waals surface area contributed by atoms with Crippen molar-refractivity contribution < 1.29 is 9.90 Å². The summed E-state index contributed by atoms with van der Waals surface area (Å²) < 4.78 is 0. The van der Waals surface area contributed by atoms with Crippen LogP contribution in [-0.4, -0.2) is 23.7 Å². The van der Waals surface area contributed by atoms with Crippen LogP contribution in [0.5, 0.6) is 0 Å². The van der Waals surface area contributed by atoms with Gasteiger partial charge in [0, 0.05) is 24.7 Å². The van der Waals surface area contributed by atoms with Gasteiger partial charge in [0.2, 0.25) is 0 Å². The van der Waals surface area contributed by atoms with Crippen molar-refractivity contribution in [2.45, 2.75) is 52.0 Å². The molecular formula is C16H23NO2. The fourth-order valence-corrected chi connectivity index (χ4v) is 3.05. The first-order valence-corrected chi connectivity index (χ1v) is 7.13. The molecule has 104 valence electrons. The first kappa shape index (κ1) is 13.9. The minimum Gasteiger partial charge on any atom is -0.481 e. The SMILES string of the molecule is Cc1cc(C)cc(N2CCCCC2CCC(=O)O)c1. The minimum absolute atomic E-state index is 0.270. The molecule has 1 atom stereocenters. The maximum atomic E-state index is 10.8. The van der Waals surface area contributed by atoms with Crippen molar-refractivity contribution in [1.82, 2.24) is 0 Å². The summed E-state index contributed by atoms with van der Waals surface area (Å²) in [5.41, 5.74) is 3.81. The predicted octanol–water partition coefficient (Wildman–Crippen LogP) is 3.53. The van der Waals surface area contributed by atoms with Gasteiger partial charge >= 0.3 is 5.97 Å². The fourth-order valence-electron chi connectivity index (χ4n) is 3.05. The van der Waals surface area contributed by atoms with Crippen LogP contribution in [-0.2, 0) is 4.79 Å². The molecule has 0 radical (unpaired) electrons. The number of rotatable bonds is 4. The molecule has 1 N–H and O–H groups in total. The molecule has 3 heteroatoms. The molecule has 0 saturated carbocycles. The molecule has 1 heterocycles. The Morgan fingerprint density at radius 3 is 2.58 bits per heavy atom. The highest BCUT2D eigenvalue weighted by molar-refractivity contribution is 5.66. The van der Waals surface area contributed by atoms with Gasteiger partial charge in [-0.05, 0) is 62.8 Å². The Labute approximate surface area is 115 Å². The van der Waals surface area contributed by atoms with E-state index in [1.807, 2.05) is 0 Å². The predicted molar refractivity (Wildman–Crippen MR) is 77.8 cm³/mol. The molecular weight excluding hydrogens is 238 g/mol. The van der Waals surface area contributed by atoms with Crippen molar-refractivity contribution >= 4 is 11.7 Å². The largest absolute Gasteiger partial charge is 0.481 e. The van der Waals surface area contributed by atoms with Gasteiger partial charge in [0.15, 0.2) is 0 Å². The fraction of sp³-hybridized carbons (Fsp3) is 0.562. The molecule has 1 saturated heterocycles. The Bertz CT molecular complexity index is 436. The van der Waals surface area contributed by atoms with Crippen LogP contribution in [0.1, 0.15) is 43.2 Å². The van der Waals surface area contributed by atoms with E-state index in [0.29, 0.717) is 6.04 Å². The van der Waals surface area contributed by atoms with Gasteiger partial charge in [-0.2, -0.15) is 0 Å². The van der Waals surface area contributed by atoms with E-state index in [1.54, 1.807) is 0 Å². The summed E-state index contributed by atoms with van der Waals surface area (Å²) in [6.07, 6.45) is 4.55. The number of piperidine rings is 1. The topological polar surface area (TPSA) is 40.5 Å². The van der Waals surface area contributed by atoms with E-state index < -0.39 is 5.97 Å². The van der Waals surface area contributed by atoms with Gasteiger partial charge in [-0.3, -0.25) is 4.79 Å². The van der Waals surface area contributed by atoms with Crippen molar-refractivity contribution in [1.29, 1.82) is 0 Å². The Balaban J connectivity index is 2.16. The molecule has 0 spiro atoms. The summed E-state index contributed by atoms with van der Waals surface area (Å²) in [6.45, 7) is 5.28. The van der Waals surface area contributed by atoms with Gasteiger partial charge in [0.1, 0.15) is 0 Å². The third kappa shape index (κ3) is 3.72. The Kier molecular flexibility index (Phi) is 4.46. The summed E-state index contributed by atoms with van der Waals surface area (Å²) in [6, 6.07) is 6.99. The molecule has 1 aromatic carbocycles. The molecule has 0 aliphatic carbocycles. The number of benzene rings is 1. The molecule has 1 fully saturated rings. The van der Waals surface area contributed by atoms with Crippen LogP contribution in [0, 0.1) is 13.8 Å². The molecule has 0 amide bonds. The smallest absolute Gasteiger partial charge is 0.303 e. The summed E-state index contributed by atoms with van der Waals surface area (Å²) in [5, 5.41) is 8.87. The van der Waals surface area contributed by atoms with Gasteiger partial charge in [-0.15, -0.1) is 0 Å². The number of nitrogens with zero attached hydrogens (tertiary/aromatic N) is 1.